The molecule has 2 atom stereocenters. The number of methoxy groups -OCH3 is 2. The van der Waals surface area contributed by atoms with Gasteiger partial charge in [-0.3, -0.25) is 4.79 Å². The van der Waals surface area contributed by atoms with Gasteiger partial charge in [-0.05, 0) is 42.8 Å². The highest BCUT2D eigenvalue weighted by molar-refractivity contribution is 6.30. The summed E-state index contributed by atoms with van der Waals surface area (Å²) in [6.07, 6.45) is 2.84. The summed E-state index contributed by atoms with van der Waals surface area (Å²) < 4.78 is 21.8. The lowest BCUT2D eigenvalue weighted by molar-refractivity contribution is -0.136. The Morgan fingerprint density at radius 1 is 1.14 bits per heavy atom. The second kappa shape index (κ2) is 10.0. The van der Waals surface area contributed by atoms with E-state index in [9.17, 15) is 9.90 Å². The van der Waals surface area contributed by atoms with Gasteiger partial charge in [-0.25, -0.2) is 9.67 Å². The summed E-state index contributed by atoms with van der Waals surface area (Å²) in [5.74, 6) is 0.624. The van der Waals surface area contributed by atoms with Gasteiger partial charge in [-0.15, -0.1) is 0 Å². The zero-order chi connectivity index (χ0) is 25.2. The monoisotopic (exact) mass is 508 g/mol. The number of halogens is 1. The maximum absolute atomic E-state index is 11.2. The van der Waals surface area contributed by atoms with Crippen LogP contribution in [0.1, 0.15) is 41.3 Å². The average Bonchev–Trinajstić information content (AvgIpc) is 3.50. The van der Waals surface area contributed by atoms with Gasteiger partial charge in [0.25, 0.3) is 0 Å². The fourth-order valence-corrected chi connectivity index (χ4v) is 4.88. The largest absolute Gasteiger partial charge is 0.493 e. The van der Waals surface area contributed by atoms with Crippen LogP contribution in [0.3, 0.4) is 0 Å². The number of rotatable bonds is 8. The van der Waals surface area contributed by atoms with Gasteiger partial charge < -0.3 is 23.9 Å². The van der Waals surface area contributed by atoms with E-state index in [0.29, 0.717) is 35.3 Å². The summed E-state index contributed by atoms with van der Waals surface area (Å²) in [5, 5.41) is 14.0. The van der Waals surface area contributed by atoms with E-state index in [2.05, 4.69) is 14.6 Å². The maximum atomic E-state index is 11.2. The molecule has 5 rings (SSSR count). The molecule has 2 aromatic heterocycles. The van der Waals surface area contributed by atoms with Crippen molar-refractivity contribution in [1.29, 1.82) is 0 Å². The third-order valence-electron chi connectivity index (χ3n) is 6.27. The number of carboxylic acid groups (broad SMARTS) is 1. The first kappa shape index (κ1) is 23.9. The Morgan fingerprint density at radius 2 is 2.00 bits per heavy atom. The van der Waals surface area contributed by atoms with Gasteiger partial charge in [0, 0.05) is 28.9 Å². The lowest BCUT2D eigenvalue weighted by atomic mass is 9.98. The molecule has 1 aliphatic heterocycles. The summed E-state index contributed by atoms with van der Waals surface area (Å²) in [7, 11) is 3.20. The lowest BCUT2D eigenvalue weighted by Gasteiger charge is -2.25. The van der Waals surface area contributed by atoms with Crippen molar-refractivity contribution in [3.63, 3.8) is 0 Å². The molecular weight excluding hydrogens is 484 g/mol. The number of carboxylic acids is 1. The Bertz CT molecular complexity index is 1400. The molecule has 10 heteroatoms. The molecule has 2 aromatic carbocycles. The summed E-state index contributed by atoms with van der Waals surface area (Å²) in [5.41, 5.74) is 3.61. The molecule has 0 amide bonds. The third-order valence-corrected chi connectivity index (χ3v) is 6.50. The second-order valence-corrected chi connectivity index (χ2v) is 8.79. The van der Waals surface area contributed by atoms with Gasteiger partial charge in [-0.2, -0.15) is 5.10 Å². The predicted octanol–water partition coefficient (Wildman–Crippen LogP) is 4.62. The summed E-state index contributed by atoms with van der Waals surface area (Å²) in [4.78, 5) is 15.3. The topological polar surface area (TPSA) is 101 Å². The van der Waals surface area contributed by atoms with E-state index in [-0.39, 0.29) is 12.5 Å². The molecule has 0 saturated carbocycles. The summed E-state index contributed by atoms with van der Waals surface area (Å²) >= 11 is 6.45. The van der Waals surface area contributed by atoms with Crippen LogP contribution in [-0.2, 0) is 22.5 Å². The average molecular weight is 509 g/mol. The van der Waals surface area contributed by atoms with Gasteiger partial charge in [0.1, 0.15) is 30.8 Å². The highest BCUT2D eigenvalue weighted by Crippen LogP contribution is 2.46. The zero-order valence-electron chi connectivity index (χ0n) is 19.8. The van der Waals surface area contributed by atoms with E-state index in [1.807, 2.05) is 54.7 Å². The highest BCUT2D eigenvalue weighted by atomic mass is 35.5. The number of aryl methyl sites for hydroxylation is 1. The number of aromatic nitrogens is 4. The predicted molar refractivity (Wildman–Crippen MR) is 132 cm³/mol. The molecule has 36 heavy (non-hydrogen) atoms. The van der Waals surface area contributed by atoms with E-state index < -0.39 is 12.1 Å². The minimum atomic E-state index is -0.957. The fraction of sp³-hybridized carbons (Fsp3) is 0.269. The quantitative estimate of drug-likeness (QED) is 0.370. The van der Waals surface area contributed by atoms with E-state index in [0.717, 1.165) is 22.5 Å². The number of carbonyl (C=O) groups is 1. The Kier molecular flexibility index (Phi) is 6.67. The fourth-order valence-electron chi connectivity index (χ4n) is 4.70. The molecule has 3 heterocycles. The number of aliphatic carboxylic acids is 1. The molecule has 0 spiro atoms. The molecule has 0 unspecified atom stereocenters. The summed E-state index contributed by atoms with van der Waals surface area (Å²) in [6, 6.07) is 15.4. The number of para-hydroxylation sites is 1. The molecular formula is C26H25ClN4O5. The number of benzene rings is 2. The van der Waals surface area contributed by atoms with Gasteiger partial charge in [0.05, 0.1) is 25.6 Å². The molecule has 0 aliphatic carbocycles. The molecule has 9 nitrogen and oxygen atoms in total. The number of hydrogen-bond donors (Lipinski definition) is 1. The molecule has 1 N–H and O–H groups in total. The Hall–Kier alpha value is -3.82. The Labute approximate surface area is 212 Å². The molecule has 0 saturated heterocycles. The van der Waals surface area contributed by atoms with Crippen LogP contribution in [0.5, 0.6) is 11.5 Å². The van der Waals surface area contributed by atoms with Gasteiger partial charge >= 0.3 is 5.97 Å². The third kappa shape index (κ3) is 4.43. The first-order valence-electron chi connectivity index (χ1n) is 11.4. The van der Waals surface area contributed by atoms with E-state index >= 15 is 0 Å². The van der Waals surface area contributed by atoms with Gasteiger partial charge in [0.2, 0.25) is 0 Å². The standard InChI is InChI=1S/C26H25ClN4O5/c1-34-22-7-3-5-17(26(22)35-2)25-18-13-16(27)8-9-19(18)30-11-4-6-20(30)21(36-25)10-12-31-23(14-24(32)33)28-15-29-31/h3-9,11,13,15,21,25H,10,12,14H2,1-2H3,(H,32,33)/t21-,25-/m1/s1. The number of hydrogen-bond acceptors (Lipinski definition) is 6. The van der Waals surface area contributed by atoms with Crippen LogP contribution in [0.2, 0.25) is 5.02 Å². The van der Waals surface area contributed by atoms with Crippen molar-refractivity contribution < 1.29 is 24.1 Å². The van der Waals surface area contributed by atoms with E-state index in [1.165, 1.54) is 6.33 Å². The highest BCUT2D eigenvalue weighted by Gasteiger charge is 2.33. The van der Waals surface area contributed by atoms with Crippen molar-refractivity contribution in [3.8, 4) is 17.2 Å². The van der Waals surface area contributed by atoms with Gasteiger partial charge in [0.15, 0.2) is 11.5 Å². The lowest BCUT2D eigenvalue weighted by Crippen LogP contribution is -2.16. The molecule has 186 valence electrons. The molecule has 0 fully saturated rings. The van der Waals surface area contributed by atoms with Crippen molar-refractivity contribution in [3.05, 3.63) is 88.7 Å². The van der Waals surface area contributed by atoms with Crippen LogP contribution in [0, 0.1) is 0 Å². The first-order chi connectivity index (χ1) is 17.5. The van der Waals surface area contributed by atoms with Crippen molar-refractivity contribution >= 4 is 17.6 Å². The van der Waals surface area contributed by atoms with Crippen molar-refractivity contribution in [2.24, 2.45) is 0 Å². The minimum Gasteiger partial charge on any atom is -0.493 e. The SMILES string of the molecule is COc1cccc([C@H]2O[C@H](CCn3ncnc3CC(=O)O)c3cccn3-c3ccc(Cl)cc32)c1OC. The van der Waals surface area contributed by atoms with Crippen LogP contribution in [0.4, 0.5) is 0 Å². The van der Waals surface area contributed by atoms with E-state index in [4.69, 9.17) is 25.8 Å². The van der Waals surface area contributed by atoms with Crippen LogP contribution >= 0.6 is 11.6 Å². The van der Waals surface area contributed by atoms with Crippen LogP contribution in [-0.4, -0.2) is 44.6 Å². The Morgan fingerprint density at radius 3 is 2.78 bits per heavy atom. The van der Waals surface area contributed by atoms with Crippen LogP contribution < -0.4 is 9.47 Å². The second-order valence-electron chi connectivity index (χ2n) is 8.35. The van der Waals surface area contributed by atoms with Crippen molar-refractivity contribution in [2.45, 2.75) is 31.6 Å². The maximum Gasteiger partial charge on any atom is 0.311 e. The van der Waals surface area contributed by atoms with Crippen LogP contribution in [0.25, 0.3) is 5.69 Å². The van der Waals surface area contributed by atoms with E-state index in [1.54, 1.807) is 18.9 Å². The van der Waals surface area contributed by atoms with Gasteiger partial charge in [-0.1, -0.05) is 23.7 Å². The number of ether oxygens (including phenoxy) is 3. The molecule has 4 aromatic rings. The number of nitrogens with zero attached hydrogens (tertiary/aromatic N) is 4. The van der Waals surface area contributed by atoms with Crippen molar-refractivity contribution in [2.75, 3.05) is 14.2 Å². The van der Waals surface area contributed by atoms with Crippen LogP contribution in [0.15, 0.2) is 61.1 Å². The molecule has 1 aliphatic rings. The normalized spacial score (nSPS) is 16.6. The van der Waals surface area contributed by atoms with Crippen molar-refractivity contribution in [1.82, 2.24) is 19.3 Å². The molecule has 0 bridgehead atoms. The summed E-state index contributed by atoms with van der Waals surface area (Å²) in [6.45, 7) is 0.428. The smallest absolute Gasteiger partial charge is 0.311 e. The minimum absolute atomic E-state index is 0.199. The Balaban J connectivity index is 1.58. The first-order valence-corrected chi connectivity index (χ1v) is 11.8. The zero-order valence-corrected chi connectivity index (χ0v) is 20.6. The number of fused-ring (bicyclic) bond motifs is 3. The molecule has 0 radical (unpaired) electrons.